The molecule has 1 saturated carbocycles. The van der Waals surface area contributed by atoms with E-state index in [4.69, 9.17) is 4.74 Å². The van der Waals surface area contributed by atoms with Crippen molar-refractivity contribution in [2.45, 2.75) is 32.1 Å². The van der Waals surface area contributed by atoms with Crippen molar-refractivity contribution in [2.75, 3.05) is 5.32 Å². The maximum atomic E-state index is 12.5. The highest BCUT2D eigenvalue weighted by Gasteiger charge is 2.29. The predicted molar refractivity (Wildman–Crippen MR) is 101 cm³/mol. The minimum Gasteiger partial charge on any atom is -0.450 e. The molecular formula is C19H19N3O6. The number of nitro benzene ring substituents is 2. The normalized spacial score (nSPS) is 14.3. The third-order valence-electron chi connectivity index (χ3n) is 4.68. The monoisotopic (exact) mass is 385 g/mol. The molecule has 2 aromatic rings. The number of anilines is 1. The molecular weight excluding hydrogens is 366 g/mol. The average molecular weight is 385 g/mol. The summed E-state index contributed by atoms with van der Waals surface area (Å²) in [6.07, 6.45) is 4.38. The topological polar surface area (TPSA) is 125 Å². The second-order valence-corrected chi connectivity index (χ2v) is 6.59. The number of nitrogens with zero attached hydrogens (tertiary/aromatic N) is 2. The van der Waals surface area contributed by atoms with Gasteiger partial charge in [-0.05, 0) is 25.0 Å². The number of hydrogen-bond donors (Lipinski definition) is 1. The van der Waals surface area contributed by atoms with Crippen molar-refractivity contribution in [3.05, 3.63) is 62.7 Å². The Bertz CT molecular complexity index is 894. The first-order valence-corrected chi connectivity index (χ1v) is 8.96. The van der Waals surface area contributed by atoms with Crippen LogP contribution in [0.1, 0.15) is 32.1 Å². The van der Waals surface area contributed by atoms with Crippen LogP contribution in [0, 0.1) is 26.1 Å². The summed E-state index contributed by atoms with van der Waals surface area (Å²) in [6, 6.07) is 10.3. The van der Waals surface area contributed by atoms with Gasteiger partial charge >= 0.3 is 5.69 Å². The van der Waals surface area contributed by atoms with Gasteiger partial charge in [0.1, 0.15) is 17.5 Å². The molecule has 0 atom stereocenters. The van der Waals surface area contributed by atoms with E-state index in [1.165, 1.54) is 0 Å². The molecule has 0 saturated heterocycles. The van der Waals surface area contributed by atoms with Gasteiger partial charge in [0, 0.05) is 12.0 Å². The second kappa shape index (κ2) is 8.47. The van der Waals surface area contributed by atoms with Gasteiger partial charge in [-0.1, -0.05) is 37.5 Å². The number of nitrogens with one attached hydrogen (secondary N) is 1. The van der Waals surface area contributed by atoms with E-state index in [1.807, 2.05) is 0 Å². The first-order chi connectivity index (χ1) is 13.5. The molecule has 1 aliphatic carbocycles. The van der Waals surface area contributed by atoms with Gasteiger partial charge in [-0.3, -0.25) is 25.0 Å². The molecule has 0 heterocycles. The number of benzene rings is 2. The molecule has 1 aliphatic rings. The third-order valence-corrected chi connectivity index (χ3v) is 4.68. The molecule has 0 radical (unpaired) electrons. The van der Waals surface area contributed by atoms with Crippen LogP contribution in [-0.4, -0.2) is 15.8 Å². The molecule has 2 aromatic carbocycles. The van der Waals surface area contributed by atoms with Gasteiger partial charge in [0.2, 0.25) is 11.7 Å². The smallest absolute Gasteiger partial charge is 0.318 e. The first-order valence-electron chi connectivity index (χ1n) is 8.96. The lowest BCUT2D eigenvalue weighted by Gasteiger charge is -2.20. The van der Waals surface area contributed by atoms with Crippen molar-refractivity contribution in [1.29, 1.82) is 0 Å². The fraction of sp³-hybridized carbons (Fsp3) is 0.316. The molecule has 28 heavy (non-hydrogen) atoms. The van der Waals surface area contributed by atoms with E-state index >= 15 is 0 Å². The van der Waals surface area contributed by atoms with Gasteiger partial charge in [0.25, 0.3) is 5.69 Å². The quantitative estimate of drug-likeness (QED) is 0.562. The Morgan fingerprint density at radius 3 is 2.21 bits per heavy atom. The van der Waals surface area contributed by atoms with Crippen molar-refractivity contribution in [1.82, 2.24) is 0 Å². The van der Waals surface area contributed by atoms with Crippen LogP contribution in [0.25, 0.3) is 0 Å². The minimum absolute atomic E-state index is 0.114. The van der Waals surface area contributed by atoms with Gasteiger partial charge < -0.3 is 10.1 Å². The number of para-hydroxylation sites is 1. The Hall–Kier alpha value is -3.49. The molecule has 9 nitrogen and oxygen atoms in total. The Morgan fingerprint density at radius 2 is 1.61 bits per heavy atom. The van der Waals surface area contributed by atoms with E-state index in [1.54, 1.807) is 30.3 Å². The molecule has 9 heteroatoms. The van der Waals surface area contributed by atoms with Crippen LogP contribution in [0.4, 0.5) is 17.1 Å². The summed E-state index contributed by atoms with van der Waals surface area (Å²) in [5, 5.41) is 25.4. The standard InChI is InChI=1S/C19H19N3O6/c23-19(13-7-3-1-4-8-13)20-15-11-18(28-14-9-5-2-6-10-14)17(22(26)27)12-16(15)21(24)25/h2,5-6,9-13H,1,3-4,7-8H2,(H,20,23). The van der Waals surface area contributed by atoms with Crippen LogP contribution in [0.15, 0.2) is 42.5 Å². The highest BCUT2D eigenvalue weighted by Crippen LogP contribution is 2.40. The van der Waals surface area contributed by atoms with Crippen molar-refractivity contribution in [3.63, 3.8) is 0 Å². The second-order valence-electron chi connectivity index (χ2n) is 6.59. The molecule has 1 N–H and O–H groups in total. The van der Waals surface area contributed by atoms with Gasteiger partial charge in [-0.25, -0.2) is 0 Å². The number of carbonyl (C=O) groups excluding carboxylic acids is 1. The predicted octanol–water partition coefficient (Wildman–Crippen LogP) is 4.81. The van der Waals surface area contributed by atoms with Crippen molar-refractivity contribution < 1.29 is 19.4 Å². The fourth-order valence-electron chi connectivity index (χ4n) is 3.25. The molecule has 0 unspecified atom stereocenters. The number of amides is 1. The lowest BCUT2D eigenvalue weighted by Crippen LogP contribution is -2.25. The Morgan fingerprint density at radius 1 is 0.964 bits per heavy atom. The summed E-state index contributed by atoms with van der Waals surface area (Å²) < 4.78 is 5.56. The zero-order valence-corrected chi connectivity index (χ0v) is 15.0. The van der Waals surface area contributed by atoms with Gasteiger partial charge in [-0.15, -0.1) is 0 Å². The van der Waals surface area contributed by atoms with Gasteiger partial charge in [-0.2, -0.15) is 0 Å². The molecule has 3 rings (SSSR count). The fourth-order valence-corrected chi connectivity index (χ4v) is 3.25. The van der Waals surface area contributed by atoms with Crippen LogP contribution in [-0.2, 0) is 4.79 Å². The van der Waals surface area contributed by atoms with Crippen LogP contribution in [0.2, 0.25) is 0 Å². The van der Waals surface area contributed by atoms with E-state index in [9.17, 15) is 25.0 Å². The van der Waals surface area contributed by atoms with Gasteiger partial charge in [0.15, 0.2) is 0 Å². The lowest BCUT2D eigenvalue weighted by atomic mass is 9.88. The van der Waals surface area contributed by atoms with Crippen molar-refractivity contribution in [2.24, 2.45) is 5.92 Å². The maximum absolute atomic E-state index is 12.5. The lowest BCUT2D eigenvalue weighted by molar-refractivity contribution is -0.394. The van der Waals surface area contributed by atoms with E-state index in [-0.39, 0.29) is 23.3 Å². The van der Waals surface area contributed by atoms with Crippen LogP contribution in [0.3, 0.4) is 0 Å². The molecule has 0 spiro atoms. The Balaban J connectivity index is 1.97. The highest BCUT2D eigenvalue weighted by atomic mass is 16.6. The zero-order valence-electron chi connectivity index (χ0n) is 15.0. The Labute approximate surface area is 160 Å². The molecule has 146 valence electrons. The Kier molecular flexibility index (Phi) is 5.83. The van der Waals surface area contributed by atoms with Crippen LogP contribution < -0.4 is 10.1 Å². The molecule has 1 fully saturated rings. The molecule has 1 amide bonds. The molecule has 0 aliphatic heterocycles. The number of hydrogen-bond acceptors (Lipinski definition) is 6. The summed E-state index contributed by atoms with van der Waals surface area (Å²) in [7, 11) is 0. The number of nitro groups is 2. The first kappa shape index (κ1) is 19.3. The number of rotatable bonds is 6. The van der Waals surface area contributed by atoms with Crippen molar-refractivity contribution >= 4 is 23.0 Å². The minimum atomic E-state index is -0.754. The SMILES string of the molecule is O=C(Nc1cc(Oc2ccccc2)c([N+](=O)[O-])cc1[N+](=O)[O-])C1CCCCC1. The number of carbonyl (C=O) groups is 1. The number of ether oxygens (including phenoxy) is 1. The summed E-state index contributed by atoms with van der Waals surface area (Å²) >= 11 is 0. The summed E-state index contributed by atoms with van der Waals surface area (Å²) in [5.41, 5.74) is -1.21. The average Bonchev–Trinajstić information content (AvgIpc) is 2.69. The zero-order chi connectivity index (χ0) is 20.1. The largest absolute Gasteiger partial charge is 0.450 e. The summed E-state index contributed by atoms with van der Waals surface area (Å²) in [6.45, 7) is 0. The highest BCUT2D eigenvalue weighted by molar-refractivity contribution is 5.95. The van der Waals surface area contributed by atoms with E-state index < -0.39 is 21.2 Å². The van der Waals surface area contributed by atoms with E-state index in [0.717, 1.165) is 44.2 Å². The summed E-state index contributed by atoms with van der Waals surface area (Å²) in [5.74, 6) is -0.380. The van der Waals surface area contributed by atoms with E-state index in [0.29, 0.717) is 5.75 Å². The van der Waals surface area contributed by atoms with Gasteiger partial charge in [0.05, 0.1) is 9.85 Å². The molecule has 0 bridgehead atoms. The van der Waals surface area contributed by atoms with Crippen LogP contribution >= 0.6 is 0 Å². The third kappa shape index (κ3) is 4.43. The molecule has 0 aromatic heterocycles. The van der Waals surface area contributed by atoms with E-state index in [2.05, 4.69) is 5.32 Å². The maximum Gasteiger partial charge on any atom is 0.318 e. The van der Waals surface area contributed by atoms with Crippen LogP contribution in [0.5, 0.6) is 11.5 Å². The summed E-state index contributed by atoms with van der Waals surface area (Å²) in [4.78, 5) is 33.8. The van der Waals surface area contributed by atoms with Crippen molar-refractivity contribution in [3.8, 4) is 11.5 Å².